The minimum atomic E-state index is 0.443. The van der Waals surface area contributed by atoms with Crippen molar-refractivity contribution in [3.63, 3.8) is 0 Å². The van der Waals surface area contributed by atoms with Gasteiger partial charge in [-0.25, -0.2) is 4.98 Å². The average molecular weight is 226 g/mol. The molecular formula is C11H16ClN3. The Bertz CT molecular complexity index is 342. The van der Waals surface area contributed by atoms with Crippen molar-refractivity contribution in [3.8, 4) is 0 Å². The van der Waals surface area contributed by atoms with E-state index in [-0.39, 0.29) is 0 Å². The second-order valence-corrected chi connectivity index (χ2v) is 4.78. The van der Waals surface area contributed by atoms with Crippen LogP contribution in [-0.4, -0.2) is 16.0 Å². The van der Waals surface area contributed by atoms with Crippen molar-refractivity contribution < 1.29 is 0 Å². The van der Waals surface area contributed by atoms with E-state index in [1.165, 1.54) is 12.8 Å². The molecule has 0 radical (unpaired) electrons. The summed E-state index contributed by atoms with van der Waals surface area (Å²) < 4.78 is 0. The number of hydrogen-bond acceptors (Lipinski definition) is 3. The van der Waals surface area contributed by atoms with Gasteiger partial charge in [-0.05, 0) is 24.7 Å². The fourth-order valence-corrected chi connectivity index (χ4v) is 2.32. The largest absolute Gasteiger partial charge is 0.366 e. The number of anilines is 1. The predicted octanol–water partition coefficient (Wildman–Crippen LogP) is 2.98. The molecule has 0 aliphatic heterocycles. The Labute approximate surface area is 95.3 Å². The molecule has 1 aliphatic carbocycles. The molecule has 1 aromatic heterocycles. The second kappa shape index (κ2) is 4.35. The van der Waals surface area contributed by atoms with E-state index >= 15 is 0 Å². The third-order valence-electron chi connectivity index (χ3n) is 3.40. The highest BCUT2D eigenvalue weighted by atomic mass is 35.5. The quantitative estimate of drug-likeness (QED) is 0.841. The van der Waals surface area contributed by atoms with Gasteiger partial charge < -0.3 is 5.32 Å². The maximum atomic E-state index is 5.78. The molecule has 15 heavy (non-hydrogen) atoms. The van der Waals surface area contributed by atoms with Crippen LogP contribution in [0.3, 0.4) is 0 Å². The van der Waals surface area contributed by atoms with Crippen molar-refractivity contribution >= 4 is 17.4 Å². The number of hydrogen-bond donors (Lipinski definition) is 1. The molecule has 4 heteroatoms. The van der Waals surface area contributed by atoms with Crippen molar-refractivity contribution in [2.24, 2.45) is 11.8 Å². The van der Waals surface area contributed by atoms with Gasteiger partial charge in [0.25, 0.3) is 0 Å². The van der Waals surface area contributed by atoms with Crippen LogP contribution in [-0.2, 0) is 0 Å². The Kier molecular flexibility index (Phi) is 3.10. The Balaban J connectivity index is 2.03. The molecule has 1 aliphatic rings. The Hall–Kier alpha value is -0.830. The molecule has 0 aromatic carbocycles. The summed E-state index contributed by atoms with van der Waals surface area (Å²) >= 11 is 5.78. The van der Waals surface area contributed by atoms with Crippen LogP contribution < -0.4 is 5.32 Å². The molecule has 1 heterocycles. The number of nitrogens with one attached hydrogen (secondary N) is 1. The molecule has 3 atom stereocenters. The number of aromatic nitrogens is 2. The summed E-state index contributed by atoms with van der Waals surface area (Å²) in [6, 6.07) is 0.507. The Morgan fingerprint density at radius 3 is 2.73 bits per heavy atom. The van der Waals surface area contributed by atoms with Crippen molar-refractivity contribution in [1.82, 2.24) is 9.97 Å². The third-order valence-corrected chi connectivity index (χ3v) is 3.59. The topological polar surface area (TPSA) is 37.8 Å². The van der Waals surface area contributed by atoms with Gasteiger partial charge in [0.2, 0.25) is 0 Å². The van der Waals surface area contributed by atoms with Crippen LogP contribution in [0.2, 0.25) is 5.15 Å². The summed E-state index contributed by atoms with van der Waals surface area (Å²) in [4.78, 5) is 8.20. The number of nitrogens with zero attached hydrogens (tertiary/aromatic N) is 2. The lowest BCUT2D eigenvalue weighted by Crippen LogP contribution is -2.24. The van der Waals surface area contributed by atoms with Gasteiger partial charge in [-0.3, -0.25) is 4.98 Å². The zero-order chi connectivity index (χ0) is 10.8. The highest BCUT2D eigenvalue weighted by Crippen LogP contribution is 2.32. The van der Waals surface area contributed by atoms with Crippen LogP contribution in [0.4, 0.5) is 5.82 Å². The van der Waals surface area contributed by atoms with E-state index in [9.17, 15) is 0 Å². The SMILES string of the molecule is CC1CCC(Nc2cncc(Cl)n2)C1C. The van der Waals surface area contributed by atoms with E-state index in [0.29, 0.717) is 17.1 Å². The first-order valence-electron chi connectivity index (χ1n) is 5.41. The van der Waals surface area contributed by atoms with Crippen molar-refractivity contribution in [2.45, 2.75) is 32.7 Å². The fraction of sp³-hybridized carbons (Fsp3) is 0.636. The Morgan fingerprint density at radius 1 is 1.33 bits per heavy atom. The predicted molar refractivity (Wildman–Crippen MR) is 62.0 cm³/mol. The van der Waals surface area contributed by atoms with Crippen LogP contribution in [0.25, 0.3) is 0 Å². The lowest BCUT2D eigenvalue weighted by Gasteiger charge is -2.19. The highest BCUT2D eigenvalue weighted by Gasteiger charge is 2.29. The van der Waals surface area contributed by atoms with Gasteiger partial charge in [-0.15, -0.1) is 0 Å². The number of rotatable bonds is 2. The summed E-state index contributed by atoms with van der Waals surface area (Å²) in [6.07, 6.45) is 5.76. The first-order chi connectivity index (χ1) is 7.16. The molecule has 1 fully saturated rings. The summed E-state index contributed by atoms with van der Waals surface area (Å²) in [5, 5.41) is 3.85. The number of halogens is 1. The van der Waals surface area contributed by atoms with Crippen LogP contribution in [0, 0.1) is 11.8 Å². The van der Waals surface area contributed by atoms with E-state index in [4.69, 9.17) is 11.6 Å². The molecule has 1 saturated carbocycles. The van der Waals surface area contributed by atoms with E-state index in [1.807, 2.05) is 0 Å². The molecule has 3 unspecified atom stereocenters. The highest BCUT2D eigenvalue weighted by molar-refractivity contribution is 6.29. The smallest absolute Gasteiger partial charge is 0.149 e. The average Bonchev–Trinajstić information content (AvgIpc) is 2.50. The molecule has 2 rings (SSSR count). The van der Waals surface area contributed by atoms with Crippen LogP contribution in [0.15, 0.2) is 12.4 Å². The zero-order valence-electron chi connectivity index (χ0n) is 9.07. The molecule has 0 amide bonds. The van der Waals surface area contributed by atoms with Gasteiger partial charge in [-0.2, -0.15) is 0 Å². The molecular weight excluding hydrogens is 210 g/mol. The van der Waals surface area contributed by atoms with Crippen molar-refractivity contribution in [3.05, 3.63) is 17.5 Å². The van der Waals surface area contributed by atoms with E-state index < -0.39 is 0 Å². The van der Waals surface area contributed by atoms with E-state index in [2.05, 4.69) is 29.1 Å². The van der Waals surface area contributed by atoms with Crippen LogP contribution >= 0.6 is 11.6 Å². The first kappa shape index (κ1) is 10.7. The summed E-state index contributed by atoms with van der Waals surface area (Å²) in [7, 11) is 0. The van der Waals surface area contributed by atoms with Gasteiger partial charge in [0.15, 0.2) is 0 Å². The summed E-state index contributed by atoms with van der Waals surface area (Å²) in [5.74, 6) is 2.26. The van der Waals surface area contributed by atoms with Crippen molar-refractivity contribution in [1.29, 1.82) is 0 Å². The summed E-state index contributed by atoms with van der Waals surface area (Å²) in [6.45, 7) is 4.59. The normalized spacial score (nSPS) is 30.5. The Morgan fingerprint density at radius 2 is 2.13 bits per heavy atom. The monoisotopic (exact) mass is 225 g/mol. The van der Waals surface area contributed by atoms with Crippen LogP contribution in [0.5, 0.6) is 0 Å². The van der Waals surface area contributed by atoms with Crippen molar-refractivity contribution in [2.75, 3.05) is 5.32 Å². The third kappa shape index (κ3) is 2.40. The molecule has 0 bridgehead atoms. The van der Waals surface area contributed by atoms with Gasteiger partial charge in [-0.1, -0.05) is 25.4 Å². The minimum absolute atomic E-state index is 0.443. The maximum absolute atomic E-state index is 5.78. The zero-order valence-corrected chi connectivity index (χ0v) is 9.83. The van der Waals surface area contributed by atoms with Gasteiger partial charge in [0.05, 0.1) is 12.4 Å². The van der Waals surface area contributed by atoms with E-state index in [1.54, 1.807) is 12.4 Å². The lowest BCUT2D eigenvalue weighted by molar-refractivity contribution is 0.435. The van der Waals surface area contributed by atoms with Crippen LogP contribution in [0.1, 0.15) is 26.7 Å². The standard InChI is InChI=1S/C11H16ClN3/c1-7-3-4-9(8(7)2)14-11-6-13-5-10(12)15-11/h5-9H,3-4H2,1-2H3,(H,14,15). The first-order valence-corrected chi connectivity index (χ1v) is 5.78. The maximum Gasteiger partial charge on any atom is 0.149 e. The molecule has 0 spiro atoms. The molecule has 82 valence electrons. The summed E-state index contributed by atoms with van der Waals surface area (Å²) in [5.41, 5.74) is 0. The fourth-order valence-electron chi connectivity index (χ4n) is 2.17. The van der Waals surface area contributed by atoms with Gasteiger partial charge in [0.1, 0.15) is 11.0 Å². The molecule has 1 N–H and O–H groups in total. The lowest BCUT2D eigenvalue weighted by atomic mass is 9.98. The van der Waals surface area contributed by atoms with E-state index in [0.717, 1.165) is 11.7 Å². The second-order valence-electron chi connectivity index (χ2n) is 4.39. The molecule has 3 nitrogen and oxygen atoms in total. The molecule has 1 aromatic rings. The van der Waals surface area contributed by atoms with Gasteiger partial charge >= 0.3 is 0 Å². The minimum Gasteiger partial charge on any atom is -0.366 e. The molecule has 0 saturated heterocycles. The van der Waals surface area contributed by atoms with Gasteiger partial charge in [0, 0.05) is 6.04 Å².